The van der Waals surface area contributed by atoms with Crippen molar-refractivity contribution in [2.45, 2.75) is 19.4 Å². The van der Waals surface area contributed by atoms with Crippen molar-refractivity contribution >= 4 is 23.3 Å². The molecule has 7 nitrogen and oxygen atoms in total. The van der Waals surface area contributed by atoms with Gasteiger partial charge in [0.1, 0.15) is 6.04 Å². The fourth-order valence-electron chi connectivity index (χ4n) is 3.88. The summed E-state index contributed by atoms with van der Waals surface area (Å²) in [6.07, 6.45) is 2.23. The Morgan fingerprint density at radius 3 is 2.23 bits per heavy atom. The van der Waals surface area contributed by atoms with Gasteiger partial charge < -0.3 is 14.8 Å². The predicted molar refractivity (Wildman–Crippen MR) is 111 cm³/mol. The Kier molecular flexibility index (Phi) is 5.03. The molecule has 0 spiro atoms. The second-order valence-corrected chi connectivity index (χ2v) is 7.20. The van der Waals surface area contributed by atoms with Gasteiger partial charge in [0.15, 0.2) is 17.3 Å². The van der Waals surface area contributed by atoms with Crippen LogP contribution in [0.1, 0.15) is 38.8 Å². The molecule has 2 aliphatic rings. The molecule has 2 aromatic carbocycles. The lowest BCUT2D eigenvalue weighted by atomic mass is 9.95. The Balaban J connectivity index is 1.65. The molecule has 0 unspecified atom stereocenters. The number of benzene rings is 2. The highest BCUT2D eigenvalue weighted by molar-refractivity contribution is 6.23. The van der Waals surface area contributed by atoms with Crippen LogP contribution in [-0.4, -0.2) is 49.3 Å². The third-order valence-corrected chi connectivity index (χ3v) is 5.52. The summed E-state index contributed by atoms with van der Waals surface area (Å²) in [7, 11) is 3.13. The maximum Gasteiger partial charge on any atom is 0.262 e. The van der Waals surface area contributed by atoms with Gasteiger partial charge in [0.05, 0.1) is 25.3 Å². The van der Waals surface area contributed by atoms with Crippen molar-refractivity contribution in [2.24, 2.45) is 0 Å². The first kappa shape index (κ1) is 19.7. The molecule has 30 heavy (non-hydrogen) atoms. The van der Waals surface area contributed by atoms with E-state index in [0.29, 0.717) is 34.9 Å². The molecule has 0 saturated heterocycles. The van der Waals surface area contributed by atoms with Crippen molar-refractivity contribution in [3.63, 3.8) is 0 Å². The molecule has 154 valence electrons. The van der Waals surface area contributed by atoms with Crippen molar-refractivity contribution in [3.05, 3.63) is 64.7 Å². The molecule has 0 saturated carbocycles. The third-order valence-electron chi connectivity index (χ3n) is 5.52. The first-order chi connectivity index (χ1) is 14.5. The van der Waals surface area contributed by atoms with E-state index in [1.807, 2.05) is 12.1 Å². The van der Waals surface area contributed by atoms with Crippen molar-refractivity contribution in [1.29, 1.82) is 0 Å². The van der Waals surface area contributed by atoms with Gasteiger partial charge in [-0.15, -0.1) is 0 Å². The molecule has 0 fully saturated rings. The zero-order chi connectivity index (χ0) is 21.4. The number of hydrogen-bond acceptors (Lipinski definition) is 6. The number of fused-ring (bicyclic) bond motifs is 2. The first-order valence-electron chi connectivity index (χ1n) is 9.68. The minimum atomic E-state index is -0.919. The number of carbonyl (C=O) groups excluding carboxylic acids is 3. The van der Waals surface area contributed by atoms with Crippen LogP contribution >= 0.6 is 0 Å². The summed E-state index contributed by atoms with van der Waals surface area (Å²) in [4.78, 5) is 39.4. The molecule has 2 heterocycles. The van der Waals surface area contributed by atoms with Gasteiger partial charge in [-0.2, -0.15) is 0 Å². The summed E-state index contributed by atoms with van der Waals surface area (Å²) in [6.45, 7) is 2.22. The number of imide groups is 1. The lowest BCUT2D eigenvalue weighted by molar-refractivity contribution is -0.117. The highest BCUT2D eigenvalue weighted by Gasteiger charge is 2.40. The quantitative estimate of drug-likeness (QED) is 0.607. The van der Waals surface area contributed by atoms with E-state index in [-0.39, 0.29) is 5.78 Å². The SMILES string of the molecule is COc1cc2c(cc1OC)C(=CC(=O)[C@H](C)N1C(=O)c3ccccc3C1=O)NCC2. The van der Waals surface area contributed by atoms with Crippen LogP contribution < -0.4 is 14.8 Å². The van der Waals surface area contributed by atoms with E-state index in [1.165, 1.54) is 6.08 Å². The molecule has 2 aromatic rings. The lowest BCUT2D eigenvalue weighted by Crippen LogP contribution is -2.42. The number of ketones is 1. The molecule has 1 atom stereocenters. The third kappa shape index (κ3) is 3.12. The van der Waals surface area contributed by atoms with Crippen molar-refractivity contribution < 1.29 is 23.9 Å². The van der Waals surface area contributed by atoms with E-state index in [2.05, 4.69) is 5.32 Å². The van der Waals surface area contributed by atoms with E-state index in [1.54, 1.807) is 45.4 Å². The van der Waals surface area contributed by atoms with E-state index in [0.717, 1.165) is 22.4 Å². The highest BCUT2D eigenvalue weighted by Crippen LogP contribution is 2.35. The summed E-state index contributed by atoms with van der Waals surface area (Å²) in [5, 5.41) is 3.24. The molecule has 0 aliphatic carbocycles. The van der Waals surface area contributed by atoms with Gasteiger partial charge in [-0.1, -0.05) is 12.1 Å². The van der Waals surface area contributed by atoms with Gasteiger partial charge in [-0.05, 0) is 43.2 Å². The summed E-state index contributed by atoms with van der Waals surface area (Å²) >= 11 is 0. The molecular formula is C23H22N2O5. The average molecular weight is 406 g/mol. The first-order valence-corrected chi connectivity index (χ1v) is 9.68. The van der Waals surface area contributed by atoms with Crippen molar-refractivity contribution in [3.8, 4) is 11.5 Å². The molecule has 2 aliphatic heterocycles. The van der Waals surface area contributed by atoms with Crippen LogP contribution in [0.15, 0.2) is 42.5 Å². The smallest absolute Gasteiger partial charge is 0.262 e. The summed E-state index contributed by atoms with van der Waals surface area (Å²) < 4.78 is 10.8. The van der Waals surface area contributed by atoms with Crippen molar-refractivity contribution in [2.75, 3.05) is 20.8 Å². The zero-order valence-electron chi connectivity index (χ0n) is 17.0. The van der Waals surface area contributed by atoms with Crippen LogP contribution in [0.25, 0.3) is 5.70 Å². The second-order valence-electron chi connectivity index (χ2n) is 7.20. The van der Waals surface area contributed by atoms with Gasteiger partial charge in [-0.3, -0.25) is 19.3 Å². The van der Waals surface area contributed by atoms with E-state index >= 15 is 0 Å². The standard InChI is InChI=1S/C23H22N2O5/c1-13(25-22(27)15-6-4-5-7-16(15)23(25)28)19(26)12-18-17-11-21(30-3)20(29-2)10-14(17)8-9-24-18/h4-7,10-13,24H,8-9H2,1-3H3/t13-/m0/s1. The van der Waals surface area contributed by atoms with Crippen LogP contribution in [0.5, 0.6) is 11.5 Å². The van der Waals surface area contributed by atoms with Gasteiger partial charge in [-0.25, -0.2) is 0 Å². The predicted octanol–water partition coefficient (Wildman–Crippen LogP) is 2.44. The number of hydrogen-bond donors (Lipinski definition) is 1. The average Bonchev–Trinajstić information content (AvgIpc) is 3.02. The zero-order valence-corrected chi connectivity index (χ0v) is 17.0. The van der Waals surface area contributed by atoms with E-state index in [4.69, 9.17) is 9.47 Å². The number of methoxy groups -OCH3 is 2. The van der Waals surface area contributed by atoms with Crippen LogP contribution in [0, 0.1) is 0 Å². The van der Waals surface area contributed by atoms with Crippen LogP contribution in [-0.2, 0) is 11.2 Å². The Morgan fingerprint density at radius 1 is 1.03 bits per heavy atom. The van der Waals surface area contributed by atoms with E-state index in [9.17, 15) is 14.4 Å². The topological polar surface area (TPSA) is 84.9 Å². The number of ether oxygens (including phenoxy) is 2. The van der Waals surface area contributed by atoms with Crippen LogP contribution in [0.2, 0.25) is 0 Å². The second kappa shape index (κ2) is 7.67. The number of nitrogens with zero attached hydrogens (tertiary/aromatic N) is 1. The van der Waals surface area contributed by atoms with Crippen LogP contribution in [0.4, 0.5) is 0 Å². The van der Waals surface area contributed by atoms with Gasteiger partial charge >= 0.3 is 0 Å². The molecular weight excluding hydrogens is 384 g/mol. The molecule has 2 amide bonds. The number of amides is 2. The normalized spacial score (nSPS) is 17.3. The summed E-state index contributed by atoms with van der Waals surface area (Å²) in [5.74, 6) is -0.0407. The molecule has 0 bridgehead atoms. The molecule has 4 rings (SSSR count). The monoisotopic (exact) mass is 406 g/mol. The minimum Gasteiger partial charge on any atom is -0.493 e. The maximum atomic E-state index is 13.0. The number of nitrogens with one attached hydrogen (secondary N) is 1. The number of carbonyl (C=O) groups is 3. The lowest BCUT2D eigenvalue weighted by Gasteiger charge is -2.24. The maximum absolute atomic E-state index is 13.0. The Morgan fingerprint density at radius 2 is 1.63 bits per heavy atom. The minimum absolute atomic E-state index is 0.327. The molecule has 0 aromatic heterocycles. The summed E-state index contributed by atoms with van der Waals surface area (Å²) in [6, 6.07) is 9.41. The van der Waals surface area contributed by atoms with Gasteiger partial charge in [0, 0.05) is 23.9 Å². The molecule has 1 N–H and O–H groups in total. The Labute approximate surface area is 174 Å². The molecule has 0 radical (unpaired) electrons. The van der Waals surface area contributed by atoms with Gasteiger partial charge in [0.25, 0.3) is 11.8 Å². The highest BCUT2D eigenvalue weighted by atomic mass is 16.5. The fraction of sp³-hybridized carbons (Fsp3) is 0.261. The van der Waals surface area contributed by atoms with Crippen LogP contribution in [0.3, 0.4) is 0 Å². The number of rotatable bonds is 5. The Bertz CT molecular complexity index is 1050. The fourth-order valence-corrected chi connectivity index (χ4v) is 3.88. The molecule has 7 heteroatoms. The largest absolute Gasteiger partial charge is 0.493 e. The summed E-state index contributed by atoms with van der Waals surface area (Å²) in [5.41, 5.74) is 3.15. The van der Waals surface area contributed by atoms with E-state index < -0.39 is 17.9 Å². The van der Waals surface area contributed by atoms with Gasteiger partial charge in [0.2, 0.25) is 0 Å². The Hall–Kier alpha value is -3.61. The van der Waals surface area contributed by atoms with Crippen molar-refractivity contribution in [1.82, 2.24) is 10.2 Å².